The van der Waals surface area contributed by atoms with E-state index in [0.29, 0.717) is 71.5 Å². The van der Waals surface area contributed by atoms with E-state index in [2.05, 4.69) is 20.3 Å². The molecule has 11 heteroatoms. The molecule has 1 saturated heterocycles. The van der Waals surface area contributed by atoms with E-state index in [9.17, 15) is 9.59 Å². The van der Waals surface area contributed by atoms with Crippen LogP contribution in [0.5, 0.6) is 5.75 Å². The molecule has 9 nitrogen and oxygen atoms in total. The number of halogens is 1. The van der Waals surface area contributed by atoms with Crippen molar-refractivity contribution in [2.75, 3.05) is 38.1 Å². The Morgan fingerprint density at radius 3 is 2.64 bits per heavy atom. The second kappa shape index (κ2) is 10.7. The number of ether oxygens (including phenoxy) is 1. The number of carbonyl (C=O) groups excluding carboxylic acids is 1. The first-order valence-corrected chi connectivity index (χ1v) is 12.9. The van der Waals surface area contributed by atoms with Gasteiger partial charge in [-0.1, -0.05) is 53.3 Å². The average molecular weight is 525 g/mol. The van der Waals surface area contributed by atoms with Crippen LogP contribution >= 0.6 is 22.9 Å². The van der Waals surface area contributed by atoms with Crippen LogP contribution < -0.4 is 15.6 Å². The minimum atomic E-state index is -0.226. The highest BCUT2D eigenvalue weighted by molar-refractivity contribution is 7.19. The summed E-state index contributed by atoms with van der Waals surface area (Å²) < 4.78 is 6.91. The molecule has 186 valence electrons. The lowest BCUT2D eigenvalue weighted by atomic mass is 10.2. The summed E-state index contributed by atoms with van der Waals surface area (Å²) in [4.78, 5) is 34.7. The maximum Gasteiger partial charge on any atom is 0.322 e. The predicted molar refractivity (Wildman–Crippen MR) is 141 cm³/mol. The third kappa shape index (κ3) is 5.20. The third-order valence-electron chi connectivity index (χ3n) is 5.88. The van der Waals surface area contributed by atoms with Gasteiger partial charge in [-0.05, 0) is 25.1 Å². The van der Waals surface area contributed by atoms with Gasteiger partial charge in [0.25, 0.3) is 5.56 Å². The Morgan fingerprint density at radius 1 is 1.11 bits per heavy atom. The molecule has 1 fully saturated rings. The fourth-order valence-corrected chi connectivity index (χ4v) is 5.31. The van der Waals surface area contributed by atoms with Crippen LogP contribution in [0.4, 0.5) is 10.5 Å². The van der Waals surface area contributed by atoms with Crippen LogP contribution in [0.15, 0.2) is 59.4 Å². The number of fused-ring (bicyclic) bond motifs is 1. The van der Waals surface area contributed by atoms with Crippen LogP contribution in [-0.2, 0) is 6.54 Å². The second-order valence-electron chi connectivity index (χ2n) is 8.29. The molecule has 0 radical (unpaired) electrons. The predicted octanol–water partition coefficient (Wildman–Crippen LogP) is 4.22. The van der Waals surface area contributed by atoms with Crippen molar-refractivity contribution in [3.63, 3.8) is 0 Å². The van der Waals surface area contributed by atoms with Gasteiger partial charge < -0.3 is 15.0 Å². The Morgan fingerprint density at radius 2 is 1.86 bits per heavy atom. The molecule has 0 aliphatic carbocycles. The Kier molecular flexibility index (Phi) is 7.17. The van der Waals surface area contributed by atoms with Gasteiger partial charge in [0, 0.05) is 44.4 Å². The van der Waals surface area contributed by atoms with Crippen molar-refractivity contribution in [1.82, 2.24) is 24.4 Å². The van der Waals surface area contributed by atoms with Crippen LogP contribution in [0.2, 0.25) is 5.02 Å². The Balaban J connectivity index is 1.23. The highest BCUT2D eigenvalue weighted by Crippen LogP contribution is 2.30. The lowest BCUT2D eigenvalue weighted by molar-refractivity contribution is 0.142. The van der Waals surface area contributed by atoms with E-state index in [1.807, 2.05) is 49.4 Å². The van der Waals surface area contributed by atoms with E-state index >= 15 is 0 Å². The quantitative estimate of drug-likeness (QED) is 0.406. The van der Waals surface area contributed by atoms with Gasteiger partial charge in [0.1, 0.15) is 10.8 Å². The average Bonchev–Trinajstić information content (AvgIpc) is 3.31. The van der Waals surface area contributed by atoms with Crippen molar-refractivity contribution in [3.8, 4) is 16.3 Å². The number of rotatable bonds is 6. The summed E-state index contributed by atoms with van der Waals surface area (Å²) in [5, 5.41) is 8.59. The van der Waals surface area contributed by atoms with Crippen molar-refractivity contribution in [1.29, 1.82) is 0 Å². The first-order valence-electron chi connectivity index (χ1n) is 11.7. The number of carbonyl (C=O) groups is 1. The normalized spacial score (nSPS) is 14.2. The number of nitrogens with one attached hydrogen (secondary N) is 1. The molecule has 4 aromatic rings. The highest BCUT2D eigenvalue weighted by atomic mass is 35.5. The van der Waals surface area contributed by atoms with Crippen molar-refractivity contribution >= 4 is 39.6 Å². The molecule has 1 aliphatic heterocycles. The molecule has 2 amide bonds. The number of nitrogens with zero attached hydrogens (tertiary/aromatic N) is 5. The molecule has 1 N–H and O–H groups in total. The minimum absolute atomic E-state index is 0.156. The monoisotopic (exact) mass is 524 g/mol. The van der Waals surface area contributed by atoms with Gasteiger partial charge in [-0.3, -0.25) is 9.69 Å². The SMILES string of the molecule is CCOc1ccccc1NC(=O)N1CCN(Cc2cc(=O)n3nc(-c4ccccc4Cl)sc3n2)CC1. The molecule has 2 aromatic heterocycles. The Labute approximate surface area is 216 Å². The number of anilines is 1. The van der Waals surface area contributed by atoms with Gasteiger partial charge in [0.2, 0.25) is 4.96 Å². The number of urea groups is 1. The number of piperazine rings is 1. The fourth-order valence-electron chi connectivity index (χ4n) is 4.06. The van der Waals surface area contributed by atoms with Gasteiger partial charge in [-0.25, -0.2) is 9.78 Å². The van der Waals surface area contributed by atoms with Gasteiger partial charge in [-0.2, -0.15) is 9.61 Å². The van der Waals surface area contributed by atoms with E-state index in [-0.39, 0.29) is 11.6 Å². The van der Waals surface area contributed by atoms with Gasteiger partial charge >= 0.3 is 6.03 Å². The van der Waals surface area contributed by atoms with E-state index < -0.39 is 0 Å². The van der Waals surface area contributed by atoms with E-state index in [1.54, 1.807) is 11.0 Å². The number of para-hydroxylation sites is 2. The highest BCUT2D eigenvalue weighted by Gasteiger charge is 2.23. The standard InChI is InChI=1S/C25H25ClN6O3S/c1-2-35-21-10-6-5-9-20(21)28-24(34)31-13-11-30(12-14-31)16-17-15-22(33)32-25(27-17)36-23(29-32)18-7-3-4-8-19(18)26/h3-10,15H,2,11-14,16H2,1H3,(H,28,34). The van der Waals surface area contributed by atoms with E-state index in [4.69, 9.17) is 16.3 Å². The lowest BCUT2D eigenvalue weighted by Crippen LogP contribution is -2.49. The summed E-state index contributed by atoms with van der Waals surface area (Å²) in [6, 6.07) is 16.2. The minimum Gasteiger partial charge on any atom is -0.492 e. The first-order chi connectivity index (χ1) is 17.5. The van der Waals surface area contributed by atoms with Gasteiger partial charge in [0.05, 0.1) is 23.0 Å². The zero-order chi connectivity index (χ0) is 25.1. The zero-order valence-electron chi connectivity index (χ0n) is 19.7. The number of hydrogen-bond acceptors (Lipinski definition) is 7. The number of aromatic nitrogens is 3. The summed E-state index contributed by atoms with van der Waals surface area (Å²) in [5.74, 6) is 0.653. The smallest absolute Gasteiger partial charge is 0.322 e. The van der Waals surface area contributed by atoms with Crippen molar-refractivity contribution < 1.29 is 9.53 Å². The molecule has 5 rings (SSSR count). The molecule has 2 aromatic carbocycles. The summed E-state index contributed by atoms with van der Waals surface area (Å²) in [5.41, 5.74) is 1.88. The summed E-state index contributed by atoms with van der Waals surface area (Å²) in [7, 11) is 0. The topological polar surface area (TPSA) is 92.1 Å². The lowest BCUT2D eigenvalue weighted by Gasteiger charge is -2.34. The van der Waals surface area contributed by atoms with Crippen LogP contribution in [0.3, 0.4) is 0 Å². The van der Waals surface area contributed by atoms with Crippen molar-refractivity contribution in [2.45, 2.75) is 13.5 Å². The number of hydrogen-bond donors (Lipinski definition) is 1. The van der Waals surface area contributed by atoms with Crippen LogP contribution in [0, 0.1) is 0 Å². The van der Waals surface area contributed by atoms with Gasteiger partial charge in [-0.15, -0.1) is 0 Å². The largest absolute Gasteiger partial charge is 0.492 e. The maximum absolute atomic E-state index is 12.8. The zero-order valence-corrected chi connectivity index (χ0v) is 21.3. The van der Waals surface area contributed by atoms with E-state index in [1.165, 1.54) is 21.9 Å². The van der Waals surface area contributed by atoms with Crippen molar-refractivity contribution in [2.24, 2.45) is 0 Å². The van der Waals surface area contributed by atoms with Crippen LogP contribution in [0.1, 0.15) is 12.6 Å². The molecule has 36 heavy (non-hydrogen) atoms. The third-order valence-corrected chi connectivity index (χ3v) is 7.15. The van der Waals surface area contributed by atoms with Crippen LogP contribution in [-0.4, -0.2) is 63.2 Å². The molecule has 1 aliphatic rings. The summed E-state index contributed by atoms with van der Waals surface area (Å²) in [6.45, 7) is 5.45. The van der Waals surface area contributed by atoms with Crippen molar-refractivity contribution in [3.05, 3.63) is 75.7 Å². The molecule has 0 spiro atoms. The molecule has 3 heterocycles. The maximum atomic E-state index is 12.8. The molecule has 0 bridgehead atoms. The fraction of sp³-hybridized carbons (Fsp3) is 0.280. The summed E-state index contributed by atoms with van der Waals surface area (Å²) in [6.07, 6.45) is 0. The molecule has 0 saturated carbocycles. The molecular weight excluding hydrogens is 500 g/mol. The molecular formula is C25H25ClN6O3S. The van der Waals surface area contributed by atoms with Gasteiger partial charge in [0.15, 0.2) is 0 Å². The first kappa shape index (κ1) is 24.2. The van der Waals surface area contributed by atoms with E-state index in [0.717, 1.165) is 5.56 Å². The summed E-state index contributed by atoms with van der Waals surface area (Å²) >= 11 is 7.63. The molecule has 0 unspecified atom stereocenters. The Hall–Kier alpha value is -3.47. The Bertz CT molecular complexity index is 1450. The number of benzene rings is 2. The molecule has 0 atom stereocenters. The second-order valence-corrected chi connectivity index (χ2v) is 9.65. The van der Waals surface area contributed by atoms with Crippen LogP contribution in [0.25, 0.3) is 15.5 Å². The number of amides is 2.